The molecule has 0 amide bonds. The van der Waals surface area contributed by atoms with Crippen LogP contribution >= 0.6 is 0 Å². The van der Waals surface area contributed by atoms with E-state index in [2.05, 4.69) is 161 Å². The lowest BCUT2D eigenvalue weighted by atomic mass is 10.0. The van der Waals surface area contributed by atoms with Gasteiger partial charge in [0, 0.05) is 43.4 Å². The number of hydrogen-bond acceptors (Lipinski definition) is 3. The molecule has 0 spiro atoms. The molecular formula is C50H31N5O. The minimum absolute atomic E-state index is 0.841. The average molecular weight is 718 g/mol. The first-order valence-corrected chi connectivity index (χ1v) is 18.9. The van der Waals surface area contributed by atoms with Crippen molar-refractivity contribution in [1.82, 2.24) is 24.1 Å². The summed E-state index contributed by atoms with van der Waals surface area (Å²) in [5, 5.41) is 16.5. The Bertz CT molecular complexity index is 3480. The molecule has 0 aliphatic rings. The van der Waals surface area contributed by atoms with E-state index in [9.17, 15) is 0 Å². The number of nitrogens with zero attached hydrogens (tertiary/aromatic N) is 5. The fraction of sp³-hybridized carbons (Fsp3) is 0. The van der Waals surface area contributed by atoms with E-state index in [0.29, 0.717) is 0 Å². The molecule has 12 aromatic rings. The second-order valence-electron chi connectivity index (χ2n) is 14.3. The molecule has 4 aromatic heterocycles. The molecule has 0 radical (unpaired) electrons. The van der Waals surface area contributed by atoms with Crippen LogP contribution < -0.4 is 0 Å². The zero-order valence-corrected chi connectivity index (χ0v) is 30.0. The highest BCUT2D eigenvalue weighted by molar-refractivity contribution is 6.18. The molecule has 6 heteroatoms. The van der Waals surface area contributed by atoms with Gasteiger partial charge >= 0.3 is 0 Å². The van der Waals surface area contributed by atoms with Crippen LogP contribution in [0.5, 0.6) is 0 Å². The third-order valence-corrected chi connectivity index (χ3v) is 11.2. The summed E-state index contributed by atoms with van der Waals surface area (Å²) in [7, 11) is 0. The maximum Gasteiger partial charge on any atom is 0.136 e. The van der Waals surface area contributed by atoms with E-state index in [1.807, 2.05) is 41.1 Å². The Hall–Kier alpha value is -7.70. The molecule has 12 rings (SSSR count). The zero-order valence-electron chi connectivity index (χ0n) is 30.0. The molecule has 0 saturated carbocycles. The lowest BCUT2D eigenvalue weighted by molar-refractivity contribution is 0.669. The summed E-state index contributed by atoms with van der Waals surface area (Å²) < 4.78 is 13.2. The Morgan fingerprint density at radius 3 is 1.71 bits per heavy atom. The zero-order chi connectivity index (χ0) is 36.7. The van der Waals surface area contributed by atoms with Gasteiger partial charge in [0.05, 0.1) is 39.1 Å². The summed E-state index contributed by atoms with van der Waals surface area (Å²) in [5.74, 6) is 0. The number of para-hydroxylation sites is 5. The van der Waals surface area contributed by atoms with Gasteiger partial charge in [-0.05, 0) is 54.6 Å². The fourth-order valence-electron chi connectivity index (χ4n) is 8.82. The van der Waals surface area contributed by atoms with E-state index in [1.165, 1.54) is 5.39 Å². The van der Waals surface area contributed by atoms with Crippen molar-refractivity contribution in [2.75, 3.05) is 0 Å². The monoisotopic (exact) mass is 717 g/mol. The highest BCUT2D eigenvalue weighted by atomic mass is 16.3. The van der Waals surface area contributed by atoms with Gasteiger partial charge in [0.15, 0.2) is 0 Å². The Morgan fingerprint density at radius 2 is 0.946 bits per heavy atom. The number of fused-ring (bicyclic) bond motifs is 9. The molecule has 0 atom stereocenters. The van der Waals surface area contributed by atoms with E-state index in [-0.39, 0.29) is 0 Å². The number of rotatable bonds is 5. The molecule has 8 aromatic carbocycles. The molecular weight excluding hydrogens is 687 g/mol. The van der Waals surface area contributed by atoms with Gasteiger partial charge in [-0.25, -0.2) is 4.68 Å². The fourth-order valence-corrected chi connectivity index (χ4v) is 8.82. The Kier molecular flexibility index (Phi) is 6.53. The SMILES string of the molecule is c1ccc(-c2nnn(-c3cccc4c3c3ccccc3n4-c3ccccc3-n3c4ccccc4c4cc5oc6ccccc6c5cc43)c2-c2ccccc2)cc1. The molecule has 6 nitrogen and oxygen atoms in total. The van der Waals surface area contributed by atoms with Gasteiger partial charge < -0.3 is 13.6 Å². The highest BCUT2D eigenvalue weighted by Crippen LogP contribution is 2.43. The predicted molar refractivity (Wildman–Crippen MR) is 228 cm³/mol. The van der Waals surface area contributed by atoms with Crippen molar-refractivity contribution in [3.63, 3.8) is 0 Å². The molecule has 0 aliphatic heterocycles. The van der Waals surface area contributed by atoms with E-state index < -0.39 is 0 Å². The van der Waals surface area contributed by atoms with Crippen molar-refractivity contribution in [3.05, 3.63) is 188 Å². The maximum atomic E-state index is 6.39. The number of hydrogen-bond donors (Lipinski definition) is 0. The van der Waals surface area contributed by atoms with E-state index in [0.717, 1.165) is 99.7 Å². The van der Waals surface area contributed by atoms with Gasteiger partial charge in [-0.3, -0.25) is 0 Å². The van der Waals surface area contributed by atoms with Crippen LogP contribution in [0, 0.1) is 0 Å². The molecule has 4 heterocycles. The van der Waals surface area contributed by atoms with E-state index >= 15 is 0 Å². The number of benzene rings is 8. The van der Waals surface area contributed by atoms with Crippen molar-refractivity contribution in [3.8, 4) is 39.6 Å². The van der Waals surface area contributed by atoms with E-state index in [4.69, 9.17) is 14.7 Å². The van der Waals surface area contributed by atoms with Gasteiger partial charge in [0.25, 0.3) is 0 Å². The average Bonchev–Trinajstić information content (AvgIpc) is 4.03. The van der Waals surface area contributed by atoms with Crippen LogP contribution in [0.25, 0.3) is 105 Å². The molecule has 0 N–H and O–H groups in total. The van der Waals surface area contributed by atoms with E-state index in [1.54, 1.807) is 0 Å². The normalized spacial score (nSPS) is 11.9. The molecule has 262 valence electrons. The van der Waals surface area contributed by atoms with Crippen LogP contribution in [0.2, 0.25) is 0 Å². The number of aromatic nitrogens is 5. The van der Waals surface area contributed by atoms with Crippen molar-refractivity contribution >= 4 is 65.6 Å². The Labute approximate surface area is 320 Å². The standard InChI is InChI=1S/C50H31N5O/c1-3-16-32(17-4-1)49-50(33-18-5-2-6-19-33)55(52-51-49)44-28-15-27-43-48(44)36-22-8-11-24-40(36)53(43)41-25-12-13-26-42(41)54-39-23-10-7-20-34(39)37-31-47-38(30-45(37)54)35-21-9-14-29-46(35)56-47/h1-31H. The van der Waals surface area contributed by atoms with Gasteiger partial charge in [0.2, 0.25) is 0 Å². The highest BCUT2D eigenvalue weighted by Gasteiger charge is 2.24. The summed E-state index contributed by atoms with van der Waals surface area (Å²) in [5.41, 5.74) is 13.2. The van der Waals surface area contributed by atoms with Gasteiger partial charge in [-0.2, -0.15) is 0 Å². The second-order valence-corrected chi connectivity index (χ2v) is 14.3. The summed E-state index contributed by atoms with van der Waals surface area (Å²) in [4.78, 5) is 0. The van der Waals surface area contributed by atoms with Crippen LogP contribution in [0.4, 0.5) is 0 Å². The van der Waals surface area contributed by atoms with Gasteiger partial charge in [0.1, 0.15) is 22.6 Å². The minimum atomic E-state index is 0.841. The largest absolute Gasteiger partial charge is 0.456 e. The lowest BCUT2D eigenvalue weighted by Crippen LogP contribution is -2.04. The topological polar surface area (TPSA) is 53.7 Å². The van der Waals surface area contributed by atoms with Crippen LogP contribution in [-0.4, -0.2) is 24.1 Å². The third kappa shape index (κ3) is 4.38. The Balaban J connectivity index is 1.15. The molecule has 0 fully saturated rings. The van der Waals surface area contributed by atoms with Gasteiger partial charge in [-0.15, -0.1) is 5.10 Å². The first kappa shape index (κ1) is 30.7. The van der Waals surface area contributed by atoms with Crippen molar-refractivity contribution in [2.45, 2.75) is 0 Å². The lowest BCUT2D eigenvalue weighted by Gasteiger charge is -2.17. The second kappa shape index (κ2) is 11.9. The van der Waals surface area contributed by atoms with Gasteiger partial charge in [-0.1, -0.05) is 139 Å². The predicted octanol–water partition coefficient (Wildman–Crippen LogP) is 12.7. The van der Waals surface area contributed by atoms with Crippen molar-refractivity contribution in [1.29, 1.82) is 0 Å². The number of furan rings is 1. The summed E-state index contributed by atoms with van der Waals surface area (Å²) in [6.07, 6.45) is 0. The first-order valence-electron chi connectivity index (χ1n) is 18.9. The van der Waals surface area contributed by atoms with Crippen LogP contribution in [0.15, 0.2) is 192 Å². The molecule has 0 bridgehead atoms. The van der Waals surface area contributed by atoms with Crippen molar-refractivity contribution in [2.24, 2.45) is 0 Å². The van der Waals surface area contributed by atoms with Crippen LogP contribution in [-0.2, 0) is 0 Å². The van der Waals surface area contributed by atoms with Crippen LogP contribution in [0.1, 0.15) is 0 Å². The minimum Gasteiger partial charge on any atom is -0.456 e. The van der Waals surface area contributed by atoms with Crippen LogP contribution in [0.3, 0.4) is 0 Å². The van der Waals surface area contributed by atoms with Crippen molar-refractivity contribution < 1.29 is 4.42 Å². The first-order chi connectivity index (χ1) is 27.8. The molecule has 0 aliphatic carbocycles. The molecule has 0 unspecified atom stereocenters. The summed E-state index contributed by atoms with van der Waals surface area (Å²) in [6.45, 7) is 0. The maximum absolute atomic E-state index is 6.39. The molecule has 0 saturated heterocycles. The smallest absolute Gasteiger partial charge is 0.136 e. The quantitative estimate of drug-likeness (QED) is 0.178. The summed E-state index contributed by atoms with van der Waals surface area (Å²) >= 11 is 0. The third-order valence-electron chi connectivity index (χ3n) is 11.2. The Morgan fingerprint density at radius 1 is 0.375 bits per heavy atom. The molecule has 56 heavy (non-hydrogen) atoms. The summed E-state index contributed by atoms with van der Waals surface area (Å²) in [6, 6.07) is 66.2.